The van der Waals surface area contributed by atoms with Crippen molar-refractivity contribution in [3.8, 4) is 0 Å². The summed E-state index contributed by atoms with van der Waals surface area (Å²) in [6.45, 7) is 12.0. The number of hydrogen-bond acceptors (Lipinski definition) is 1. The third-order valence-electron chi connectivity index (χ3n) is 3.31. The third kappa shape index (κ3) is 6.72. The minimum atomic E-state index is -0.157. The van der Waals surface area contributed by atoms with E-state index >= 15 is 0 Å². The summed E-state index contributed by atoms with van der Waals surface area (Å²) >= 11 is 0. The van der Waals surface area contributed by atoms with Gasteiger partial charge in [0, 0.05) is 12.1 Å². The smallest absolute Gasteiger partial charge is 0.123 e. The highest BCUT2D eigenvalue weighted by atomic mass is 19.1. The van der Waals surface area contributed by atoms with Gasteiger partial charge in [-0.15, -0.1) is 0 Å². The average Bonchev–Trinajstić information content (AvgIpc) is 2.29. The molecule has 0 radical (unpaired) electrons. The van der Waals surface area contributed by atoms with E-state index in [0.29, 0.717) is 11.8 Å². The maximum atomic E-state index is 13.0. The van der Waals surface area contributed by atoms with Crippen LogP contribution in [0.2, 0.25) is 0 Å². The lowest BCUT2D eigenvalue weighted by Crippen LogP contribution is -2.38. The van der Waals surface area contributed by atoms with E-state index in [1.165, 1.54) is 12.0 Å². The van der Waals surface area contributed by atoms with E-state index in [1.807, 2.05) is 12.1 Å². The van der Waals surface area contributed by atoms with E-state index in [0.717, 1.165) is 13.0 Å². The molecule has 2 heteroatoms. The molecule has 0 bridgehead atoms. The second-order valence-electron chi connectivity index (χ2n) is 6.85. The molecule has 0 saturated carbocycles. The number of hydrogen-bond donors (Lipinski definition) is 1. The Kier molecular flexibility index (Phi) is 5.99. The van der Waals surface area contributed by atoms with Crippen LogP contribution in [0.25, 0.3) is 0 Å². The largest absolute Gasteiger partial charge is 0.311 e. The Labute approximate surface area is 117 Å². The van der Waals surface area contributed by atoms with Gasteiger partial charge in [0.15, 0.2) is 0 Å². The van der Waals surface area contributed by atoms with E-state index in [9.17, 15) is 4.39 Å². The van der Waals surface area contributed by atoms with Crippen LogP contribution in [0.4, 0.5) is 4.39 Å². The fraction of sp³-hybridized carbons (Fsp3) is 0.647. The lowest BCUT2D eigenvalue weighted by Gasteiger charge is -2.26. The SMILES string of the molecule is CC(C)CCC(CNC(C)(C)C)c1ccc(F)cc1. The number of benzene rings is 1. The minimum Gasteiger partial charge on any atom is -0.311 e. The zero-order chi connectivity index (χ0) is 14.5. The van der Waals surface area contributed by atoms with Crippen molar-refractivity contribution in [2.24, 2.45) is 5.92 Å². The molecule has 0 amide bonds. The van der Waals surface area contributed by atoms with Gasteiger partial charge in [0.25, 0.3) is 0 Å². The lowest BCUT2D eigenvalue weighted by atomic mass is 9.90. The normalized spacial score (nSPS) is 13.8. The number of rotatable bonds is 6. The van der Waals surface area contributed by atoms with Crippen LogP contribution in [0.3, 0.4) is 0 Å². The molecule has 1 rings (SSSR count). The van der Waals surface area contributed by atoms with E-state index in [1.54, 1.807) is 12.1 Å². The highest BCUT2D eigenvalue weighted by Crippen LogP contribution is 2.24. The maximum absolute atomic E-state index is 13.0. The topological polar surface area (TPSA) is 12.0 Å². The molecule has 0 aliphatic rings. The zero-order valence-corrected chi connectivity index (χ0v) is 13.0. The highest BCUT2D eigenvalue weighted by molar-refractivity contribution is 5.21. The first-order valence-electron chi connectivity index (χ1n) is 7.28. The van der Waals surface area contributed by atoms with Crippen LogP contribution < -0.4 is 5.32 Å². The van der Waals surface area contributed by atoms with Crippen molar-refractivity contribution >= 4 is 0 Å². The molecule has 108 valence electrons. The van der Waals surface area contributed by atoms with E-state index in [4.69, 9.17) is 0 Å². The second-order valence-corrected chi connectivity index (χ2v) is 6.85. The first-order chi connectivity index (χ1) is 8.78. The number of nitrogens with one attached hydrogen (secondary N) is 1. The molecule has 1 unspecified atom stereocenters. The van der Waals surface area contributed by atoms with Crippen molar-refractivity contribution in [1.82, 2.24) is 5.32 Å². The fourth-order valence-corrected chi connectivity index (χ4v) is 2.09. The molecule has 0 heterocycles. The van der Waals surface area contributed by atoms with Gasteiger partial charge >= 0.3 is 0 Å². The maximum Gasteiger partial charge on any atom is 0.123 e. The molecule has 1 aromatic rings. The third-order valence-corrected chi connectivity index (χ3v) is 3.31. The van der Waals surface area contributed by atoms with Crippen LogP contribution >= 0.6 is 0 Å². The Morgan fingerprint density at radius 2 is 1.63 bits per heavy atom. The van der Waals surface area contributed by atoms with Gasteiger partial charge in [0.2, 0.25) is 0 Å². The van der Waals surface area contributed by atoms with Crippen LogP contribution in [-0.4, -0.2) is 12.1 Å². The first-order valence-corrected chi connectivity index (χ1v) is 7.28. The summed E-state index contributed by atoms with van der Waals surface area (Å²) < 4.78 is 13.0. The van der Waals surface area contributed by atoms with Crippen molar-refractivity contribution in [3.05, 3.63) is 35.6 Å². The van der Waals surface area contributed by atoms with Crippen LogP contribution in [0.15, 0.2) is 24.3 Å². The van der Waals surface area contributed by atoms with E-state index in [2.05, 4.69) is 39.9 Å². The van der Waals surface area contributed by atoms with Gasteiger partial charge < -0.3 is 5.32 Å². The molecule has 0 aromatic heterocycles. The van der Waals surface area contributed by atoms with Crippen molar-refractivity contribution in [1.29, 1.82) is 0 Å². The summed E-state index contributed by atoms with van der Waals surface area (Å²) in [7, 11) is 0. The summed E-state index contributed by atoms with van der Waals surface area (Å²) in [6.07, 6.45) is 2.35. The average molecular weight is 265 g/mol. The molecule has 0 aliphatic heterocycles. The molecule has 1 atom stereocenters. The molecule has 0 saturated heterocycles. The first kappa shape index (κ1) is 16.2. The highest BCUT2D eigenvalue weighted by Gasteiger charge is 2.16. The Balaban J connectivity index is 2.70. The van der Waals surface area contributed by atoms with Gasteiger partial charge in [-0.3, -0.25) is 0 Å². The summed E-state index contributed by atoms with van der Waals surface area (Å²) in [5.74, 6) is 1.01. The second kappa shape index (κ2) is 7.04. The quantitative estimate of drug-likeness (QED) is 0.784. The predicted octanol–water partition coefficient (Wildman–Crippen LogP) is 4.73. The minimum absolute atomic E-state index is 0.121. The van der Waals surface area contributed by atoms with Crippen molar-refractivity contribution < 1.29 is 4.39 Å². The van der Waals surface area contributed by atoms with Gasteiger partial charge in [0.05, 0.1) is 0 Å². The Morgan fingerprint density at radius 3 is 2.11 bits per heavy atom. The number of halogens is 1. The molecule has 1 nitrogen and oxygen atoms in total. The molecular formula is C17H28FN. The van der Waals surface area contributed by atoms with Gasteiger partial charge in [0.1, 0.15) is 5.82 Å². The van der Waals surface area contributed by atoms with Crippen LogP contribution in [0.5, 0.6) is 0 Å². The van der Waals surface area contributed by atoms with Gasteiger partial charge in [-0.25, -0.2) is 4.39 Å². The molecule has 0 spiro atoms. The Bertz CT molecular complexity index is 362. The Hall–Kier alpha value is -0.890. The summed E-state index contributed by atoms with van der Waals surface area (Å²) in [5.41, 5.74) is 1.36. The lowest BCUT2D eigenvalue weighted by molar-refractivity contribution is 0.387. The van der Waals surface area contributed by atoms with Crippen LogP contribution in [-0.2, 0) is 0 Å². The monoisotopic (exact) mass is 265 g/mol. The van der Waals surface area contributed by atoms with E-state index in [-0.39, 0.29) is 11.4 Å². The summed E-state index contributed by atoms with van der Waals surface area (Å²) in [4.78, 5) is 0. The van der Waals surface area contributed by atoms with Crippen molar-refractivity contribution in [3.63, 3.8) is 0 Å². The van der Waals surface area contributed by atoms with E-state index < -0.39 is 0 Å². The molecule has 0 aliphatic carbocycles. The van der Waals surface area contributed by atoms with Crippen molar-refractivity contribution in [2.75, 3.05) is 6.54 Å². The molecule has 1 N–H and O–H groups in total. The molecule has 0 fully saturated rings. The predicted molar refractivity (Wildman–Crippen MR) is 81.0 cm³/mol. The van der Waals surface area contributed by atoms with Gasteiger partial charge in [-0.1, -0.05) is 32.4 Å². The van der Waals surface area contributed by atoms with Gasteiger partial charge in [-0.2, -0.15) is 0 Å². The molecular weight excluding hydrogens is 237 g/mol. The summed E-state index contributed by atoms with van der Waals surface area (Å²) in [5, 5.41) is 3.57. The summed E-state index contributed by atoms with van der Waals surface area (Å²) in [6, 6.07) is 6.97. The Morgan fingerprint density at radius 1 is 1.05 bits per heavy atom. The zero-order valence-electron chi connectivity index (χ0n) is 13.0. The van der Waals surface area contributed by atoms with Crippen LogP contribution in [0, 0.1) is 11.7 Å². The molecule has 19 heavy (non-hydrogen) atoms. The molecule has 1 aromatic carbocycles. The fourth-order valence-electron chi connectivity index (χ4n) is 2.09. The standard InChI is InChI=1S/C17H28FN/c1-13(2)6-7-15(12-19-17(3,4)5)14-8-10-16(18)11-9-14/h8-11,13,15,19H,6-7,12H2,1-5H3. The van der Waals surface area contributed by atoms with Crippen molar-refractivity contribution in [2.45, 2.75) is 58.9 Å². The van der Waals surface area contributed by atoms with Crippen LogP contribution in [0.1, 0.15) is 58.9 Å². The van der Waals surface area contributed by atoms with Gasteiger partial charge in [-0.05, 0) is 56.7 Å².